The summed E-state index contributed by atoms with van der Waals surface area (Å²) in [7, 11) is -3.86. The Labute approximate surface area is 178 Å². The lowest BCUT2D eigenvalue weighted by Crippen LogP contribution is -2.39. The number of ketones is 1. The SMILES string of the molecule is CC[C@@H](OC(=O)CN1C(=O)C(=O)c2ccccc21)C(=O)Nc1ccc(S(N)(=O)=O)cc1. The van der Waals surface area contributed by atoms with E-state index in [-0.39, 0.29) is 22.6 Å². The van der Waals surface area contributed by atoms with Crippen LogP contribution in [0.1, 0.15) is 23.7 Å². The van der Waals surface area contributed by atoms with Crippen LogP contribution in [0.5, 0.6) is 0 Å². The molecule has 0 saturated carbocycles. The van der Waals surface area contributed by atoms with Gasteiger partial charge in [-0.15, -0.1) is 0 Å². The first-order valence-corrected chi connectivity index (χ1v) is 10.7. The maximum absolute atomic E-state index is 12.4. The van der Waals surface area contributed by atoms with Crippen molar-refractivity contribution in [1.82, 2.24) is 0 Å². The van der Waals surface area contributed by atoms with Crippen LogP contribution in [0.25, 0.3) is 0 Å². The largest absolute Gasteiger partial charge is 0.451 e. The molecular weight excluding hydrogens is 426 g/mol. The van der Waals surface area contributed by atoms with Gasteiger partial charge in [0.2, 0.25) is 10.0 Å². The third-order valence-corrected chi connectivity index (χ3v) is 5.48. The summed E-state index contributed by atoms with van der Waals surface area (Å²) < 4.78 is 27.8. The van der Waals surface area contributed by atoms with Crippen LogP contribution in [0.4, 0.5) is 11.4 Å². The Morgan fingerprint density at radius 2 is 1.74 bits per heavy atom. The van der Waals surface area contributed by atoms with Crippen molar-refractivity contribution in [2.75, 3.05) is 16.8 Å². The van der Waals surface area contributed by atoms with E-state index in [1.54, 1.807) is 25.1 Å². The Hall–Kier alpha value is -3.57. The van der Waals surface area contributed by atoms with Gasteiger partial charge in [0.05, 0.1) is 16.1 Å². The summed E-state index contributed by atoms with van der Waals surface area (Å²) in [6.07, 6.45) is -1.01. The number of Topliss-reactive ketones (excluding diaryl/α,β-unsaturated/α-hetero) is 1. The molecule has 0 bridgehead atoms. The van der Waals surface area contributed by atoms with Crippen molar-refractivity contribution >= 4 is 45.0 Å². The number of benzene rings is 2. The highest BCUT2D eigenvalue weighted by molar-refractivity contribution is 7.89. The Morgan fingerprint density at radius 1 is 1.10 bits per heavy atom. The van der Waals surface area contributed by atoms with E-state index in [2.05, 4.69) is 5.32 Å². The summed E-state index contributed by atoms with van der Waals surface area (Å²) in [5, 5.41) is 7.54. The second kappa shape index (κ2) is 8.66. The Kier molecular flexibility index (Phi) is 6.18. The predicted molar refractivity (Wildman–Crippen MR) is 110 cm³/mol. The molecule has 1 heterocycles. The third-order valence-electron chi connectivity index (χ3n) is 4.55. The van der Waals surface area contributed by atoms with Crippen molar-refractivity contribution in [3.05, 3.63) is 54.1 Å². The smallest absolute Gasteiger partial charge is 0.326 e. The Morgan fingerprint density at radius 3 is 2.35 bits per heavy atom. The second-order valence-corrected chi connectivity index (χ2v) is 8.24. The number of esters is 1. The monoisotopic (exact) mass is 445 g/mol. The number of amides is 2. The molecule has 0 fully saturated rings. The molecule has 0 aromatic heterocycles. The van der Waals surface area contributed by atoms with E-state index in [0.29, 0.717) is 5.69 Å². The molecule has 162 valence electrons. The maximum atomic E-state index is 12.4. The van der Waals surface area contributed by atoms with E-state index in [1.165, 1.54) is 30.3 Å². The molecule has 0 spiro atoms. The number of rotatable bonds is 7. The minimum Gasteiger partial charge on any atom is -0.451 e. The van der Waals surface area contributed by atoms with Crippen LogP contribution in [-0.2, 0) is 29.1 Å². The molecule has 0 radical (unpaired) electrons. The number of fused-ring (bicyclic) bond motifs is 1. The number of nitrogens with zero attached hydrogens (tertiary/aromatic N) is 1. The van der Waals surface area contributed by atoms with Crippen LogP contribution in [-0.4, -0.2) is 44.6 Å². The highest BCUT2D eigenvalue weighted by atomic mass is 32.2. The van der Waals surface area contributed by atoms with Crippen LogP contribution in [0, 0.1) is 0 Å². The topological polar surface area (TPSA) is 153 Å². The number of ether oxygens (including phenoxy) is 1. The van der Waals surface area contributed by atoms with Gasteiger partial charge in [0.25, 0.3) is 17.6 Å². The fourth-order valence-electron chi connectivity index (χ4n) is 3.00. The van der Waals surface area contributed by atoms with E-state index in [0.717, 1.165) is 4.90 Å². The Bertz CT molecular complexity index is 1160. The van der Waals surface area contributed by atoms with Gasteiger partial charge in [-0.05, 0) is 42.8 Å². The van der Waals surface area contributed by atoms with Crippen LogP contribution < -0.4 is 15.4 Å². The highest BCUT2D eigenvalue weighted by Gasteiger charge is 2.37. The fraction of sp³-hybridized carbons (Fsp3) is 0.200. The number of carbonyl (C=O) groups excluding carboxylic acids is 4. The van der Waals surface area contributed by atoms with Crippen molar-refractivity contribution in [2.45, 2.75) is 24.3 Å². The zero-order valence-corrected chi connectivity index (χ0v) is 17.2. The number of para-hydroxylation sites is 1. The van der Waals surface area contributed by atoms with Crippen molar-refractivity contribution < 1.29 is 32.3 Å². The van der Waals surface area contributed by atoms with E-state index in [9.17, 15) is 27.6 Å². The third kappa shape index (κ3) is 4.78. The second-order valence-electron chi connectivity index (χ2n) is 6.68. The van der Waals surface area contributed by atoms with E-state index >= 15 is 0 Å². The molecule has 0 unspecified atom stereocenters. The summed E-state index contributed by atoms with van der Waals surface area (Å²) in [5.41, 5.74) is 0.788. The molecular formula is C20H19N3O7S. The van der Waals surface area contributed by atoms with Gasteiger partial charge in [0, 0.05) is 5.69 Å². The number of carbonyl (C=O) groups is 4. The molecule has 31 heavy (non-hydrogen) atoms. The number of hydrogen-bond acceptors (Lipinski definition) is 7. The van der Waals surface area contributed by atoms with Crippen LogP contribution in [0.3, 0.4) is 0 Å². The lowest BCUT2D eigenvalue weighted by molar-refractivity contribution is -0.153. The minimum absolute atomic E-state index is 0.117. The van der Waals surface area contributed by atoms with Crippen molar-refractivity contribution in [1.29, 1.82) is 0 Å². The molecule has 3 rings (SSSR count). The van der Waals surface area contributed by atoms with Gasteiger partial charge in [-0.25, -0.2) is 13.6 Å². The van der Waals surface area contributed by atoms with Gasteiger partial charge in [-0.2, -0.15) is 0 Å². The summed E-state index contributed by atoms with van der Waals surface area (Å²) in [4.78, 5) is 49.9. The van der Waals surface area contributed by atoms with Gasteiger partial charge < -0.3 is 10.1 Å². The van der Waals surface area contributed by atoms with Crippen molar-refractivity contribution in [3.8, 4) is 0 Å². The molecule has 1 aliphatic rings. The molecule has 2 aromatic carbocycles. The summed E-state index contributed by atoms with van der Waals surface area (Å²) in [6.45, 7) is 1.11. The molecule has 11 heteroatoms. The van der Waals surface area contributed by atoms with Crippen LogP contribution >= 0.6 is 0 Å². The molecule has 2 amide bonds. The standard InChI is InChI=1S/C20H19N3O7S/c1-2-16(19(26)22-12-7-9-13(10-8-12)31(21,28)29)30-17(24)11-23-15-6-4-3-5-14(15)18(25)20(23)27/h3-10,16H,2,11H2,1H3,(H,22,26)(H2,21,28,29)/t16-/m1/s1. The minimum atomic E-state index is -3.86. The first-order valence-electron chi connectivity index (χ1n) is 9.20. The first-order chi connectivity index (χ1) is 14.6. The number of hydrogen-bond donors (Lipinski definition) is 2. The number of sulfonamides is 1. The van der Waals surface area contributed by atoms with E-state index < -0.39 is 46.2 Å². The maximum Gasteiger partial charge on any atom is 0.326 e. The van der Waals surface area contributed by atoms with Gasteiger partial charge >= 0.3 is 5.97 Å². The van der Waals surface area contributed by atoms with Crippen LogP contribution in [0.15, 0.2) is 53.4 Å². The fourth-order valence-corrected chi connectivity index (χ4v) is 3.52. The normalized spacial score (nSPS) is 14.2. The highest BCUT2D eigenvalue weighted by Crippen LogP contribution is 2.28. The van der Waals surface area contributed by atoms with Crippen molar-refractivity contribution in [3.63, 3.8) is 0 Å². The predicted octanol–water partition coefficient (Wildman–Crippen LogP) is 0.824. The summed E-state index contributed by atoms with van der Waals surface area (Å²) in [5.74, 6) is -3.05. The quantitative estimate of drug-likeness (QED) is 0.473. The number of nitrogens with one attached hydrogen (secondary N) is 1. The lowest BCUT2D eigenvalue weighted by atomic mass is 10.1. The average molecular weight is 445 g/mol. The molecule has 0 aliphatic carbocycles. The zero-order chi connectivity index (χ0) is 22.8. The van der Waals surface area contributed by atoms with Gasteiger partial charge in [0.1, 0.15) is 6.54 Å². The van der Waals surface area contributed by atoms with Crippen molar-refractivity contribution in [2.24, 2.45) is 5.14 Å². The Balaban J connectivity index is 1.64. The molecule has 1 aliphatic heterocycles. The molecule has 1 atom stereocenters. The first kappa shape index (κ1) is 22.1. The average Bonchev–Trinajstić information content (AvgIpc) is 2.96. The molecule has 2 aromatic rings. The number of anilines is 2. The molecule has 0 saturated heterocycles. The number of nitrogens with two attached hydrogens (primary N) is 1. The van der Waals surface area contributed by atoms with E-state index in [1.807, 2.05) is 0 Å². The van der Waals surface area contributed by atoms with Crippen LogP contribution in [0.2, 0.25) is 0 Å². The van der Waals surface area contributed by atoms with E-state index in [4.69, 9.17) is 9.88 Å². The van der Waals surface area contributed by atoms with Gasteiger partial charge in [-0.1, -0.05) is 19.1 Å². The molecule has 10 nitrogen and oxygen atoms in total. The van der Waals surface area contributed by atoms with Gasteiger partial charge in [-0.3, -0.25) is 24.1 Å². The summed E-state index contributed by atoms with van der Waals surface area (Å²) in [6, 6.07) is 11.4. The zero-order valence-electron chi connectivity index (χ0n) is 16.4. The summed E-state index contributed by atoms with van der Waals surface area (Å²) >= 11 is 0. The molecule has 3 N–H and O–H groups in total. The van der Waals surface area contributed by atoms with Gasteiger partial charge in [0.15, 0.2) is 6.10 Å². The number of primary sulfonamides is 1. The lowest BCUT2D eigenvalue weighted by Gasteiger charge is -2.19.